The van der Waals surface area contributed by atoms with Gasteiger partial charge in [0.25, 0.3) is 0 Å². The molecule has 2 aliphatic rings. The molecule has 2 heterocycles. The highest BCUT2D eigenvalue weighted by molar-refractivity contribution is 5.84. The fourth-order valence-electron chi connectivity index (χ4n) is 3.45. The number of benzene rings is 1. The summed E-state index contributed by atoms with van der Waals surface area (Å²) in [6.07, 6.45) is -4.18. The van der Waals surface area contributed by atoms with E-state index in [9.17, 15) is 23.1 Å². The van der Waals surface area contributed by atoms with Gasteiger partial charge in [0.2, 0.25) is 0 Å². The summed E-state index contributed by atoms with van der Waals surface area (Å²) in [5, 5.41) is 9.58. The molecule has 20 heavy (non-hydrogen) atoms. The Morgan fingerprint density at radius 3 is 2.50 bits per heavy atom. The summed E-state index contributed by atoms with van der Waals surface area (Å²) in [5.74, 6) is -1.23. The van der Waals surface area contributed by atoms with Gasteiger partial charge in [0.15, 0.2) is 0 Å². The number of carboxylic acid groups (broad SMARTS) is 1. The molecule has 3 unspecified atom stereocenters. The quantitative estimate of drug-likeness (QED) is 0.909. The largest absolute Gasteiger partial charge is 0.481 e. The van der Waals surface area contributed by atoms with Crippen molar-refractivity contribution in [3.8, 4) is 0 Å². The van der Waals surface area contributed by atoms with Crippen LogP contribution < -0.4 is 0 Å². The topological polar surface area (TPSA) is 46.5 Å². The van der Waals surface area contributed by atoms with Crippen molar-refractivity contribution in [1.29, 1.82) is 0 Å². The van der Waals surface area contributed by atoms with Gasteiger partial charge in [-0.1, -0.05) is 18.2 Å². The predicted octanol–water partition coefficient (Wildman–Crippen LogP) is 2.98. The van der Waals surface area contributed by atoms with Crippen molar-refractivity contribution in [2.24, 2.45) is 0 Å². The molecule has 6 heteroatoms. The molecule has 0 saturated carbocycles. The highest BCUT2D eigenvalue weighted by atomic mass is 19.4. The SMILES string of the molecule is O=C(O)C1(c2ccccc2C(F)(F)F)CC2CCC1O2. The van der Waals surface area contributed by atoms with E-state index in [0.717, 1.165) is 6.07 Å². The number of carboxylic acids is 1. The van der Waals surface area contributed by atoms with Crippen molar-refractivity contribution in [2.75, 3.05) is 0 Å². The first kappa shape index (κ1) is 13.4. The van der Waals surface area contributed by atoms with Crippen LogP contribution in [0.2, 0.25) is 0 Å². The second-order valence-electron chi connectivity index (χ2n) is 5.35. The molecular formula is C14H13F3O3. The van der Waals surface area contributed by atoms with E-state index < -0.39 is 29.2 Å². The first-order valence-corrected chi connectivity index (χ1v) is 6.41. The molecule has 2 bridgehead atoms. The molecule has 1 aromatic rings. The summed E-state index contributed by atoms with van der Waals surface area (Å²) >= 11 is 0. The van der Waals surface area contributed by atoms with Gasteiger partial charge in [-0.25, -0.2) is 0 Å². The first-order chi connectivity index (χ1) is 9.35. The lowest BCUT2D eigenvalue weighted by Crippen LogP contribution is -2.45. The number of ether oxygens (including phenoxy) is 1. The van der Waals surface area contributed by atoms with Crippen LogP contribution in [0.4, 0.5) is 13.2 Å². The predicted molar refractivity (Wildman–Crippen MR) is 63.3 cm³/mol. The average molecular weight is 286 g/mol. The highest BCUT2D eigenvalue weighted by Crippen LogP contribution is 2.52. The van der Waals surface area contributed by atoms with Gasteiger partial charge in [-0.3, -0.25) is 4.79 Å². The molecule has 0 radical (unpaired) electrons. The Kier molecular flexibility index (Phi) is 2.83. The third kappa shape index (κ3) is 1.74. The molecule has 1 N–H and O–H groups in total. The van der Waals surface area contributed by atoms with Crippen molar-refractivity contribution in [3.05, 3.63) is 35.4 Å². The lowest BCUT2D eigenvalue weighted by atomic mass is 9.68. The van der Waals surface area contributed by atoms with E-state index in [1.54, 1.807) is 0 Å². The fourth-order valence-corrected chi connectivity index (χ4v) is 3.45. The zero-order chi connectivity index (χ0) is 14.5. The number of carbonyl (C=O) groups is 1. The summed E-state index contributed by atoms with van der Waals surface area (Å²) in [7, 11) is 0. The van der Waals surface area contributed by atoms with Gasteiger partial charge in [-0.05, 0) is 30.9 Å². The van der Waals surface area contributed by atoms with E-state index in [0.29, 0.717) is 12.8 Å². The van der Waals surface area contributed by atoms with Crippen molar-refractivity contribution < 1.29 is 27.8 Å². The Morgan fingerprint density at radius 2 is 2.00 bits per heavy atom. The van der Waals surface area contributed by atoms with Crippen LogP contribution in [0.1, 0.15) is 30.4 Å². The van der Waals surface area contributed by atoms with E-state index >= 15 is 0 Å². The Balaban J connectivity index is 2.18. The summed E-state index contributed by atoms with van der Waals surface area (Å²) < 4.78 is 45.0. The van der Waals surface area contributed by atoms with Crippen LogP contribution >= 0.6 is 0 Å². The first-order valence-electron chi connectivity index (χ1n) is 6.41. The maximum absolute atomic E-state index is 13.1. The van der Waals surface area contributed by atoms with Crippen molar-refractivity contribution >= 4 is 5.97 Å². The molecule has 3 atom stereocenters. The Bertz CT molecular complexity index is 555. The fraction of sp³-hybridized carbons (Fsp3) is 0.500. The van der Waals surface area contributed by atoms with Crippen LogP contribution in [0.5, 0.6) is 0 Å². The zero-order valence-corrected chi connectivity index (χ0v) is 10.5. The van der Waals surface area contributed by atoms with Gasteiger partial charge in [-0.15, -0.1) is 0 Å². The molecule has 1 aromatic carbocycles. The van der Waals surface area contributed by atoms with Gasteiger partial charge in [0.1, 0.15) is 5.41 Å². The molecule has 2 saturated heterocycles. The number of alkyl halides is 3. The third-order valence-corrected chi connectivity index (χ3v) is 4.30. The van der Waals surface area contributed by atoms with E-state index in [2.05, 4.69) is 0 Å². The van der Waals surface area contributed by atoms with Crippen molar-refractivity contribution in [2.45, 2.75) is 43.1 Å². The third-order valence-electron chi connectivity index (χ3n) is 4.30. The minimum absolute atomic E-state index is 0.111. The second-order valence-corrected chi connectivity index (χ2v) is 5.35. The molecule has 0 aliphatic carbocycles. The lowest BCUT2D eigenvalue weighted by Gasteiger charge is -2.33. The summed E-state index contributed by atoms with van der Waals surface area (Å²) in [6.45, 7) is 0. The van der Waals surface area contributed by atoms with Gasteiger partial charge in [0.05, 0.1) is 17.8 Å². The molecule has 108 valence electrons. The smallest absolute Gasteiger partial charge is 0.416 e. The average Bonchev–Trinajstić information content (AvgIpc) is 2.98. The second kappa shape index (κ2) is 4.22. The summed E-state index contributed by atoms with van der Waals surface area (Å²) in [6, 6.07) is 4.92. The van der Waals surface area contributed by atoms with Gasteiger partial charge in [-0.2, -0.15) is 13.2 Å². The van der Waals surface area contributed by atoms with E-state index in [-0.39, 0.29) is 18.1 Å². The standard InChI is InChI=1S/C14H13F3O3/c15-14(16,17)10-4-2-1-3-9(10)13(12(18)19)7-8-5-6-11(13)20-8/h1-4,8,11H,5-7H2,(H,18,19). The summed E-state index contributed by atoms with van der Waals surface area (Å²) in [4.78, 5) is 11.7. The molecule has 0 amide bonds. The van der Waals surface area contributed by atoms with E-state index in [1.807, 2.05) is 0 Å². The minimum Gasteiger partial charge on any atom is -0.481 e. The zero-order valence-electron chi connectivity index (χ0n) is 10.5. The van der Waals surface area contributed by atoms with E-state index in [4.69, 9.17) is 4.74 Å². The summed E-state index contributed by atoms with van der Waals surface area (Å²) in [5.41, 5.74) is -2.62. The number of rotatable bonds is 2. The monoisotopic (exact) mass is 286 g/mol. The Hall–Kier alpha value is -1.56. The Labute approximate surface area is 113 Å². The number of hydrogen-bond acceptors (Lipinski definition) is 2. The minimum atomic E-state index is -4.57. The molecule has 3 nitrogen and oxygen atoms in total. The molecule has 2 aliphatic heterocycles. The lowest BCUT2D eigenvalue weighted by molar-refractivity contribution is -0.148. The van der Waals surface area contributed by atoms with E-state index in [1.165, 1.54) is 18.2 Å². The maximum atomic E-state index is 13.1. The molecule has 2 fully saturated rings. The van der Waals surface area contributed by atoms with Gasteiger partial charge in [0, 0.05) is 0 Å². The maximum Gasteiger partial charge on any atom is 0.416 e. The molecule has 3 rings (SSSR count). The van der Waals surface area contributed by atoms with Crippen molar-refractivity contribution in [1.82, 2.24) is 0 Å². The normalized spacial score (nSPS) is 32.5. The number of aliphatic carboxylic acids is 1. The van der Waals surface area contributed by atoms with Crippen LogP contribution in [0.3, 0.4) is 0 Å². The van der Waals surface area contributed by atoms with Crippen LogP contribution in [0, 0.1) is 0 Å². The number of hydrogen-bond donors (Lipinski definition) is 1. The van der Waals surface area contributed by atoms with Gasteiger partial charge < -0.3 is 9.84 Å². The van der Waals surface area contributed by atoms with Crippen LogP contribution in [0.15, 0.2) is 24.3 Å². The van der Waals surface area contributed by atoms with Crippen LogP contribution in [0.25, 0.3) is 0 Å². The van der Waals surface area contributed by atoms with Crippen LogP contribution in [-0.2, 0) is 21.1 Å². The van der Waals surface area contributed by atoms with Crippen LogP contribution in [-0.4, -0.2) is 23.3 Å². The molecule has 0 spiro atoms. The van der Waals surface area contributed by atoms with Gasteiger partial charge >= 0.3 is 12.1 Å². The number of fused-ring (bicyclic) bond motifs is 2. The number of halogens is 3. The molecular weight excluding hydrogens is 273 g/mol. The Morgan fingerprint density at radius 1 is 1.30 bits per heavy atom. The highest BCUT2D eigenvalue weighted by Gasteiger charge is 2.60. The van der Waals surface area contributed by atoms with Crippen molar-refractivity contribution in [3.63, 3.8) is 0 Å². The molecule has 0 aromatic heterocycles.